The zero-order valence-electron chi connectivity index (χ0n) is 9.51. The van der Waals surface area contributed by atoms with E-state index in [1.807, 2.05) is 11.9 Å². The van der Waals surface area contributed by atoms with Gasteiger partial charge in [0.2, 0.25) is 0 Å². The zero-order chi connectivity index (χ0) is 9.94. The van der Waals surface area contributed by atoms with Gasteiger partial charge in [-0.2, -0.15) is 0 Å². The normalized spacial score (nSPS) is 11.1. The summed E-state index contributed by atoms with van der Waals surface area (Å²) in [4.78, 5) is 0. The number of hydrogen-bond donors (Lipinski definition) is 0. The highest BCUT2D eigenvalue weighted by molar-refractivity contribution is 7.96. The van der Waals surface area contributed by atoms with Crippen molar-refractivity contribution in [2.24, 2.45) is 0 Å². The molecule has 0 heterocycles. The van der Waals surface area contributed by atoms with Crippen LogP contribution in [0.15, 0.2) is 0 Å². The van der Waals surface area contributed by atoms with E-state index in [2.05, 4.69) is 25.3 Å². The second-order valence-corrected chi connectivity index (χ2v) is 5.16. The smallest absolute Gasteiger partial charge is 0.00806 e. The van der Waals surface area contributed by atoms with Gasteiger partial charge < -0.3 is 0 Å². The Bertz CT molecular complexity index is 94.1. The fraction of sp³-hybridized carbons (Fsp3) is 1.00. The Morgan fingerprint density at radius 1 is 0.846 bits per heavy atom. The molecule has 0 saturated carbocycles. The summed E-state index contributed by atoms with van der Waals surface area (Å²) in [6, 6.07) is 0. The largest absolute Gasteiger partial charge is 0.257 e. The van der Waals surface area contributed by atoms with Gasteiger partial charge in [0.15, 0.2) is 0 Å². The van der Waals surface area contributed by atoms with Crippen molar-refractivity contribution in [3.8, 4) is 0 Å². The maximum absolute atomic E-state index is 2.27. The topological polar surface area (TPSA) is 3.24 Å². The molecule has 0 aliphatic heterocycles. The molecular formula is C11H25NS. The third kappa shape index (κ3) is 12.3. The van der Waals surface area contributed by atoms with Gasteiger partial charge in [-0.15, -0.1) is 0 Å². The summed E-state index contributed by atoms with van der Waals surface area (Å²) < 4.78 is 2.19. The predicted molar refractivity (Wildman–Crippen MR) is 64.1 cm³/mol. The fourth-order valence-electron chi connectivity index (χ4n) is 1.31. The third-order valence-corrected chi connectivity index (χ3v) is 3.09. The van der Waals surface area contributed by atoms with Crippen LogP contribution in [0.25, 0.3) is 0 Å². The molecule has 13 heavy (non-hydrogen) atoms. The average Bonchev–Trinajstić information content (AvgIpc) is 2.09. The van der Waals surface area contributed by atoms with Crippen LogP contribution in [-0.2, 0) is 0 Å². The van der Waals surface area contributed by atoms with E-state index in [0.29, 0.717) is 0 Å². The van der Waals surface area contributed by atoms with Crippen LogP contribution in [0.2, 0.25) is 0 Å². The molecular weight excluding hydrogens is 178 g/mol. The van der Waals surface area contributed by atoms with E-state index in [1.165, 1.54) is 50.7 Å². The van der Waals surface area contributed by atoms with Gasteiger partial charge in [0, 0.05) is 5.75 Å². The van der Waals surface area contributed by atoms with Gasteiger partial charge in [0.25, 0.3) is 0 Å². The summed E-state index contributed by atoms with van der Waals surface area (Å²) in [7, 11) is 4.23. The Morgan fingerprint density at radius 3 is 1.92 bits per heavy atom. The molecule has 0 aliphatic carbocycles. The van der Waals surface area contributed by atoms with Crippen molar-refractivity contribution in [1.29, 1.82) is 0 Å². The molecule has 0 bridgehead atoms. The van der Waals surface area contributed by atoms with Crippen molar-refractivity contribution in [3.05, 3.63) is 0 Å². The average molecular weight is 203 g/mol. The van der Waals surface area contributed by atoms with E-state index >= 15 is 0 Å². The van der Waals surface area contributed by atoms with Crippen LogP contribution >= 0.6 is 11.9 Å². The lowest BCUT2D eigenvalue weighted by atomic mass is 10.1. The van der Waals surface area contributed by atoms with Crippen molar-refractivity contribution in [3.63, 3.8) is 0 Å². The molecule has 0 saturated heterocycles. The monoisotopic (exact) mass is 203 g/mol. The van der Waals surface area contributed by atoms with Gasteiger partial charge >= 0.3 is 0 Å². The molecule has 0 unspecified atom stereocenters. The Labute approximate surface area is 88.4 Å². The van der Waals surface area contributed by atoms with E-state index in [4.69, 9.17) is 0 Å². The van der Waals surface area contributed by atoms with E-state index in [1.54, 1.807) is 0 Å². The molecule has 0 radical (unpaired) electrons. The van der Waals surface area contributed by atoms with Crippen LogP contribution < -0.4 is 0 Å². The molecule has 0 atom stereocenters. The standard InChI is InChI=1S/C11H25NS/c1-4-5-6-7-8-9-10-11-13-12(2)3/h4-11H2,1-3H3. The first-order valence-corrected chi connectivity index (χ1v) is 6.52. The molecule has 0 rings (SSSR count). The molecule has 0 amide bonds. The van der Waals surface area contributed by atoms with Gasteiger partial charge in [-0.25, -0.2) is 0 Å². The van der Waals surface area contributed by atoms with Gasteiger partial charge in [-0.3, -0.25) is 4.31 Å². The molecule has 2 heteroatoms. The number of hydrogen-bond acceptors (Lipinski definition) is 2. The summed E-state index contributed by atoms with van der Waals surface area (Å²) >= 11 is 1.93. The van der Waals surface area contributed by atoms with E-state index in [0.717, 1.165) is 0 Å². The number of rotatable bonds is 9. The van der Waals surface area contributed by atoms with E-state index < -0.39 is 0 Å². The van der Waals surface area contributed by atoms with Gasteiger partial charge in [0.1, 0.15) is 0 Å². The molecule has 80 valence electrons. The minimum Gasteiger partial charge on any atom is -0.257 e. The third-order valence-electron chi connectivity index (χ3n) is 2.10. The fourth-order valence-corrected chi connectivity index (χ4v) is 2.00. The zero-order valence-corrected chi connectivity index (χ0v) is 10.3. The Hall–Kier alpha value is 0.310. The lowest BCUT2D eigenvalue weighted by molar-refractivity contribution is 0.601. The SMILES string of the molecule is CCCCCCCCCSN(C)C. The minimum absolute atomic E-state index is 1.29. The van der Waals surface area contributed by atoms with Crippen molar-refractivity contribution in [2.45, 2.75) is 51.9 Å². The summed E-state index contributed by atoms with van der Waals surface area (Å²) in [5.41, 5.74) is 0. The summed E-state index contributed by atoms with van der Waals surface area (Å²) in [5.74, 6) is 1.29. The molecule has 0 fully saturated rings. The maximum Gasteiger partial charge on any atom is 0.00806 e. The number of nitrogens with zero attached hydrogens (tertiary/aromatic N) is 1. The van der Waals surface area contributed by atoms with E-state index in [-0.39, 0.29) is 0 Å². The van der Waals surface area contributed by atoms with Crippen molar-refractivity contribution in [2.75, 3.05) is 19.8 Å². The molecule has 0 spiro atoms. The molecule has 0 N–H and O–H groups in total. The first-order valence-electron chi connectivity index (χ1n) is 5.57. The van der Waals surface area contributed by atoms with Crippen LogP contribution in [0.1, 0.15) is 51.9 Å². The van der Waals surface area contributed by atoms with Crippen molar-refractivity contribution >= 4 is 11.9 Å². The lowest BCUT2D eigenvalue weighted by Crippen LogP contribution is -2.00. The molecule has 1 nitrogen and oxygen atoms in total. The predicted octanol–water partition coefficient (Wildman–Crippen LogP) is 3.95. The van der Waals surface area contributed by atoms with Crippen LogP contribution in [0.3, 0.4) is 0 Å². The van der Waals surface area contributed by atoms with Crippen LogP contribution in [0.4, 0.5) is 0 Å². The molecule has 0 aliphatic rings. The highest BCUT2D eigenvalue weighted by Crippen LogP contribution is 2.11. The second kappa shape index (κ2) is 10.4. The van der Waals surface area contributed by atoms with Crippen LogP contribution in [0.5, 0.6) is 0 Å². The summed E-state index contributed by atoms with van der Waals surface area (Å²) in [6.07, 6.45) is 9.91. The quantitative estimate of drug-likeness (QED) is 0.412. The number of unbranched alkanes of at least 4 members (excludes halogenated alkanes) is 6. The highest BCUT2D eigenvalue weighted by atomic mass is 32.2. The van der Waals surface area contributed by atoms with Gasteiger partial charge in [0.05, 0.1) is 0 Å². The highest BCUT2D eigenvalue weighted by Gasteiger charge is 1.92. The van der Waals surface area contributed by atoms with E-state index in [9.17, 15) is 0 Å². The van der Waals surface area contributed by atoms with Crippen LogP contribution in [0, 0.1) is 0 Å². The maximum atomic E-state index is 2.27. The van der Waals surface area contributed by atoms with Gasteiger partial charge in [-0.05, 0) is 20.5 Å². The Morgan fingerprint density at radius 2 is 1.38 bits per heavy atom. The second-order valence-electron chi connectivity index (χ2n) is 3.77. The summed E-state index contributed by atoms with van der Waals surface area (Å²) in [5, 5.41) is 0. The first kappa shape index (κ1) is 13.3. The molecule has 0 aromatic heterocycles. The molecule has 0 aromatic carbocycles. The first-order chi connectivity index (χ1) is 6.27. The van der Waals surface area contributed by atoms with Gasteiger partial charge in [-0.1, -0.05) is 57.4 Å². The Balaban J connectivity index is 2.84. The summed E-state index contributed by atoms with van der Waals surface area (Å²) in [6.45, 7) is 2.27. The molecule has 0 aromatic rings. The van der Waals surface area contributed by atoms with Crippen molar-refractivity contribution in [1.82, 2.24) is 4.31 Å². The minimum atomic E-state index is 1.29. The lowest BCUT2D eigenvalue weighted by Gasteiger charge is -2.07. The van der Waals surface area contributed by atoms with Crippen molar-refractivity contribution < 1.29 is 0 Å². The van der Waals surface area contributed by atoms with Crippen LogP contribution in [-0.4, -0.2) is 24.2 Å². The Kier molecular flexibility index (Phi) is 10.6.